The van der Waals surface area contributed by atoms with Crippen LogP contribution in [0.3, 0.4) is 0 Å². The molecule has 0 radical (unpaired) electrons. The zero-order chi connectivity index (χ0) is 16.7. The van der Waals surface area contributed by atoms with Gasteiger partial charge in [0.25, 0.3) is 0 Å². The first kappa shape index (κ1) is 16.8. The van der Waals surface area contributed by atoms with Gasteiger partial charge in [0.05, 0.1) is 6.42 Å². The molecule has 3 amide bonds. The van der Waals surface area contributed by atoms with Gasteiger partial charge in [0.2, 0.25) is 5.91 Å². The summed E-state index contributed by atoms with van der Waals surface area (Å²) in [5.41, 5.74) is 1.01. The highest BCUT2D eigenvalue weighted by atomic mass is 32.2. The Morgan fingerprint density at radius 2 is 1.61 bits per heavy atom. The van der Waals surface area contributed by atoms with E-state index in [4.69, 9.17) is 0 Å². The van der Waals surface area contributed by atoms with Crippen molar-refractivity contribution in [3.8, 4) is 0 Å². The molecule has 0 spiro atoms. The number of imide groups is 1. The number of nitrogens with one attached hydrogen (secondary N) is 2. The van der Waals surface area contributed by atoms with Gasteiger partial charge in [-0.05, 0) is 30.5 Å². The van der Waals surface area contributed by atoms with E-state index in [0.717, 1.165) is 4.90 Å². The Kier molecular flexibility index (Phi) is 5.94. The first-order valence-corrected chi connectivity index (χ1v) is 8.14. The quantitative estimate of drug-likeness (QED) is 0.501. The van der Waals surface area contributed by atoms with Crippen LogP contribution in [0.2, 0.25) is 0 Å². The number of urea groups is 1. The molecule has 118 valence electrons. The minimum Gasteiger partial charge on any atom is -0.308 e. The fraction of sp³-hybridized carbons (Fsp3) is 0.118. The van der Waals surface area contributed by atoms with E-state index in [1.54, 1.807) is 54.2 Å². The van der Waals surface area contributed by atoms with Gasteiger partial charge in [0, 0.05) is 16.1 Å². The fourth-order valence-electron chi connectivity index (χ4n) is 1.88. The molecule has 0 bridgehead atoms. The van der Waals surface area contributed by atoms with E-state index in [1.807, 2.05) is 18.4 Å². The Hall–Kier alpha value is -2.60. The van der Waals surface area contributed by atoms with Crippen molar-refractivity contribution in [3.05, 3.63) is 60.2 Å². The van der Waals surface area contributed by atoms with Gasteiger partial charge in [0.1, 0.15) is 0 Å². The highest BCUT2D eigenvalue weighted by molar-refractivity contribution is 7.98. The van der Waals surface area contributed by atoms with Gasteiger partial charge < -0.3 is 5.32 Å². The number of hydrogen-bond donors (Lipinski definition) is 2. The van der Waals surface area contributed by atoms with Crippen LogP contribution < -0.4 is 10.6 Å². The number of carbonyl (C=O) groups is 3. The molecule has 6 heteroatoms. The first-order valence-electron chi connectivity index (χ1n) is 6.91. The Morgan fingerprint density at radius 1 is 0.957 bits per heavy atom. The van der Waals surface area contributed by atoms with Gasteiger partial charge in [-0.25, -0.2) is 4.79 Å². The maximum atomic E-state index is 11.9. The monoisotopic (exact) mass is 328 g/mol. The number of amides is 3. The summed E-state index contributed by atoms with van der Waals surface area (Å²) < 4.78 is 0. The summed E-state index contributed by atoms with van der Waals surface area (Å²) >= 11 is 1.59. The molecule has 23 heavy (non-hydrogen) atoms. The molecular formula is C17H16N2O3S. The lowest BCUT2D eigenvalue weighted by Crippen LogP contribution is -2.35. The molecule has 0 aliphatic carbocycles. The molecule has 0 aliphatic rings. The van der Waals surface area contributed by atoms with Crippen LogP contribution in [0.25, 0.3) is 0 Å². The topological polar surface area (TPSA) is 75.3 Å². The van der Waals surface area contributed by atoms with Crippen LogP contribution in [0.1, 0.15) is 16.8 Å². The Morgan fingerprint density at radius 3 is 2.22 bits per heavy atom. The summed E-state index contributed by atoms with van der Waals surface area (Å²) in [6, 6.07) is 15.0. The van der Waals surface area contributed by atoms with Crippen LogP contribution in [0, 0.1) is 0 Å². The normalized spacial score (nSPS) is 9.96. The van der Waals surface area contributed by atoms with Crippen molar-refractivity contribution in [3.63, 3.8) is 0 Å². The first-order chi connectivity index (χ1) is 11.1. The number of benzene rings is 2. The highest BCUT2D eigenvalue weighted by Gasteiger charge is 2.14. The molecule has 2 N–H and O–H groups in total. The highest BCUT2D eigenvalue weighted by Crippen LogP contribution is 2.17. The lowest BCUT2D eigenvalue weighted by atomic mass is 10.1. The van der Waals surface area contributed by atoms with E-state index in [2.05, 4.69) is 10.6 Å². The second kappa shape index (κ2) is 8.14. The summed E-state index contributed by atoms with van der Waals surface area (Å²) in [4.78, 5) is 36.4. The van der Waals surface area contributed by atoms with Gasteiger partial charge in [-0.1, -0.05) is 30.3 Å². The Labute approximate surface area is 138 Å². The maximum Gasteiger partial charge on any atom is 0.325 e. The minimum absolute atomic E-state index is 0.333. The number of rotatable bonds is 5. The molecule has 2 aromatic carbocycles. The van der Waals surface area contributed by atoms with Gasteiger partial charge in [-0.3, -0.25) is 14.9 Å². The summed E-state index contributed by atoms with van der Waals surface area (Å²) in [7, 11) is 0. The van der Waals surface area contributed by atoms with Crippen molar-refractivity contribution in [2.24, 2.45) is 0 Å². The van der Waals surface area contributed by atoms with Crippen LogP contribution in [-0.4, -0.2) is 24.0 Å². The molecule has 0 fully saturated rings. The second-order valence-electron chi connectivity index (χ2n) is 4.70. The molecule has 0 saturated heterocycles. The molecule has 0 heterocycles. The zero-order valence-corrected chi connectivity index (χ0v) is 13.4. The van der Waals surface area contributed by atoms with Crippen LogP contribution >= 0.6 is 11.8 Å². The average Bonchev–Trinajstić information content (AvgIpc) is 2.56. The molecule has 0 aliphatic heterocycles. The van der Waals surface area contributed by atoms with Crippen LogP contribution in [-0.2, 0) is 4.79 Å². The lowest BCUT2D eigenvalue weighted by Gasteiger charge is -2.07. The molecule has 5 nitrogen and oxygen atoms in total. The van der Waals surface area contributed by atoms with Crippen molar-refractivity contribution in [2.75, 3.05) is 11.6 Å². The lowest BCUT2D eigenvalue weighted by molar-refractivity contribution is -0.119. The summed E-state index contributed by atoms with van der Waals surface area (Å²) in [6.45, 7) is 0. The molecule has 2 rings (SSSR count). The van der Waals surface area contributed by atoms with E-state index in [-0.39, 0.29) is 12.2 Å². The third-order valence-corrected chi connectivity index (χ3v) is 3.76. The van der Waals surface area contributed by atoms with Crippen molar-refractivity contribution in [2.45, 2.75) is 11.3 Å². The van der Waals surface area contributed by atoms with Gasteiger partial charge in [-0.15, -0.1) is 11.8 Å². The fourth-order valence-corrected chi connectivity index (χ4v) is 2.29. The number of carbonyl (C=O) groups excluding carboxylic acids is 3. The van der Waals surface area contributed by atoms with E-state index in [0.29, 0.717) is 11.3 Å². The largest absolute Gasteiger partial charge is 0.325 e. The molecule has 0 atom stereocenters. The van der Waals surface area contributed by atoms with Crippen LogP contribution in [0.5, 0.6) is 0 Å². The average molecular weight is 328 g/mol. The summed E-state index contributed by atoms with van der Waals surface area (Å²) in [5, 5.41) is 4.69. The van der Waals surface area contributed by atoms with Crippen molar-refractivity contribution >= 4 is 35.2 Å². The van der Waals surface area contributed by atoms with Gasteiger partial charge in [-0.2, -0.15) is 0 Å². The number of Topliss-reactive ketones (excluding diaryl/α,β-unsaturated/α-hetero) is 1. The second-order valence-corrected chi connectivity index (χ2v) is 5.58. The number of hydrogen-bond acceptors (Lipinski definition) is 4. The summed E-state index contributed by atoms with van der Waals surface area (Å²) in [6.07, 6.45) is 1.58. The van der Waals surface area contributed by atoms with E-state index in [1.165, 1.54) is 0 Å². The standard InChI is InChI=1S/C17H16N2O3S/c1-23-14-9-7-13(8-10-14)18-17(22)19-16(21)11-15(20)12-5-3-2-4-6-12/h2-10H,11H2,1H3,(H2,18,19,21,22). The molecule has 2 aromatic rings. The number of ketones is 1. The Balaban J connectivity index is 1.84. The maximum absolute atomic E-state index is 11.9. The smallest absolute Gasteiger partial charge is 0.308 e. The minimum atomic E-state index is -0.659. The van der Waals surface area contributed by atoms with Crippen LogP contribution in [0.15, 0.2) is 59.5 Å². The summed E-state index contributed by atoms with van der Waals surface area (Å²) in [5.74, 6) is -0.975. The zero-order valence-electron chi connectivity index (χ0n) is 12.5. The van der Waals surface area contributed by atoms with Crippen molar-refractivity contribution in [1.29, 1.82) is 0 Å². The van der Waals surface area contributed by atoms with E-state index < -0.39 is 11.9 Å². The van der Waals surface area contributed by atoms with Crippen molar-refractivity contribution in [1.82, 2.24) is 5.32 Å². The SMILES string of the molecule is CSc1ccc(NC(=O)NC(=O)CC(=O)c2ccccc2)cc1. The van der Waals surface area contributed by atoms with E-state index >= 15 is 0 Å². The van der Waals surface area contributed by atoms with Gasteiger partial charge >= 0.3 is 6.03 Å². The molecule has 0 saturated carbocycles. The van der Waals surface area contributed by atoms with Gasteiger partial charge in [0.15, 0.2) is 5.78 Å². The number of anilines is 1. The van der Waals surface area contributed by atoms with Crippen LogP contribution in [0.4, 0.5) is 10.5 Å². The molecule has 0 aromatic heterocycles. The predicted molar refractivity (Wildman–Crippen MR) is 90.8 cm³/mol. The predicted octanol–water partition coefficient (Wildman–Crippen LogP) is 3.33. The number of thioether (sulfide) groups is 1. The Bertz CT molecular complexity index is 700. The van der Waals surface area contributed by atoms with E-state index in [9.17, 15) is 14.4 Å². The third-order valence-electron chi connectivity index (χ3n) is 3.02. The molecular weight excluding hydrogens is 312 g/mol. The third kappa shape index (κ3) is 5.27. The molecule has 0 unspecified atom stereocenters. The van der Waals surface area contributed by atoms with Crippen molar-refractivity contribution < 1.29 is 14.4 Å².